The summed E-state index contributed by atoms with van der Waals surface area (Å²) in [6.45, 7) is 11.0. The predicted molar refractivity (Wildman–Crippen MR) is 131 cm³/mol. The van der Waals surface area contributed by atoms with Crippen molar-refractivity contribution in [3.05, 3.63) is 54.1 Å². The average molecular weight is 435 g/mol. The normalized spacial score (nSPS) is 22.3. The molecule has 2 saturated heterocycles. The minimum absolute atomic E-state index is 0.150. The zero-order chi connectivity index (χ0) is 22.5. The third-order valence-corrected chi connectivity index (χ3v) is 7.27. The Bertz CT molecular complexity index is 859. The quantitative estimate of drug-likeness (QED) is 0.511. The lowest BCUT2D eigenvalue weighted by molar-refractivity contribution is 0.0693. The molecule has 2 aromatic carbocycles. The van der Waals surface area contributed by atoms with Gasteiger partial charge in [-0.2, -0.15) is 0 Å². The van der Waals surface area contributed by atoms with Gasteiger partial charge in [0.2, 0.25) is 0 Å². The molecule has 4 heteroatoms. The molecule has 2 atom stereocenters. The summed E-state index contributed by atoms with van der Waals surface area (Å²) in [5.74, 6) is 1.96. The van der Waals surface area contributed by atoms with Gasteiger partial charge in [-0.25, -0.2) is 0 Å². The highest BCUT2D eigenvalue weighted by molar-refractivity contribution is 5.95. The van der Waals surface area contributed by atoms with Crippen molar-refractivity contribution < 1.29 is 9.53 Å². The summed E-state index contributed by atoms with van der Waals surface area (Å²) in [4.78, 5) is 17.5. The molecule has 0 radical (unpaired) electrons. The molecule has 0 aromatic heterocycles. The van der Waals surface area contributed by atoms with E-state index in [4.69, 9.17) is 4.74 Å². The molecule has 2 aliphatic rings. The standard InChI is InChI=1S/C28H38N2O2/c1-21-15-18-29(19-16-21)17-4-20-32-27-13-11-25(12-14-27)24-7-9-26(10-8-24)28(31)30-22(2)5-6-23(30)3/h7-14,21-23H,4-6,15-20H2,1-3H3/t22-,23-/m1/s1. The van der Waals surface area contributed by atoms with Crippen molar-refractivity contribution >= 4 is 5.91 Å². The van der Waals surface area contributed by atoms with Crippen LogP contribution in [-0.2, 0) is 0 Å². The molecule has 0 aliphatic carbocycles. The van der Waals surface area contributed by atoms with Gasteiger partial charge < -0.3 is 14.5 Å². The van der Waals surface area contributed by atoms with Gasteiger partial charge in [0.15, 0.2) is 0 Å². The van der Waals surface area contributed by atoms with E-state index < -0.39 is 0 Å². The second-order valence-electron chi connectivity index (χ2n) is 9.82. The van der Waals surface area contributed by atoms with Crippen LogP contribution < -0.4 is 4.74 Å². The molecular formula is C28H38N2O2. The summed E-state index contributed by atoms with van der Waals surface area (Å²) >= 11 is 0. The van der Waals surface area contributed by atoms with Gasteiger partial charge in [0.25, 0.3) is 5.91 Å². The Morgan fingerprint density at radius 3 is 2.00 bits per heavy atom. The van der Waals surface area contributed by atoms with Gasteiger partial charge in [0, 0.05) is 24.2 Å². The number of nitrogens with zero attached hydrogens (tertiary/aromatic N) is 2. The minimum atomic E-state index is 0.150. The number of rotatable bonds is 7. The maximum atomic E-state index is 12.9. The third kappa shape index (κ3) is 5.53. The fraction of sp³-hybridized carbons (Fsp3) is 0.536. The summed E-state index contributed by atoms with van der Waals surface area (Å²) in [6.07, 6.45) is 5.91. The third-order valence-electron chi connectivity index (χ3n) is 7.27. The van der Waals surface area contributed by atoms with Crippen LogP contribution in [0.25, 0.3) is 11.1 Å². The number of piperidine rings is 1. The van der Waals surface area contributed by atoms with E-state index in [1.54, 1.807) is 0 Å². The fourth-order valence-electron chi connectivity index (χ4n) is 5.06. The molecule has 2 heterocycles. The molecule has 172 valence electrons. The number of hydrogen-bond donors (Lipinski definition) is 0. The Hall–Kier alpha value is -2.33. The first-order chi connectivity index (χ1) is 15.5. The second-order valence-corrected chi connectivity index (χ2v) is 9.82. The van der Waals surface area contributed by atoms with Crippen LogP contribution in [-0.4, -0.2) is 54.0 Å². The molecule has 1 amide bonds. The highest BCUT2D eigenvalue weighted by atomic mass is 16.5. The summed E-state index contributed by atoms with van der Waals surface area (Å²) in [5, 5.41) is 0. The van der Waals surface area contributed by atoms with Crippen LogP contribution in [0.3, 0.4) is 0 Å². The maximum Gasteiger partial charge on any atom is 0.254 e. The van der Waals surface area contributed by atoms with Crippen LogP contribution in [0, 0.1) is 5.92 Å². The number of likely N-dealkylation sites (tertiary alicyclic amines) is 2. The lowest BCUT2D eigenvalue weighted by atomic mass is 9.99. The van der Waals surface area contributed by atoms with E-state index in [2.05, 4.69) is 37.8 Å². The van der Waals surface area contributed by atoms with Crippen LogP contribution in [0.1, 0.15) is 63.2 Å². The van der Waals surface area contributed by atoms with Crippen molar-refractivity contribution in [3.8, 4) is 16.9 Å². The number of benzene rings is 2. The lowest BCUT2D eigenvalue weighted by Gasteiger charge is -2.30. The van der Waals surface area contributed by atoms with Crippen molar-refractivity contribution in [3.63, 3.8) is 0 Å². The number of amides is 1. The zero-order valence-electron chi connectivity index (χ0n) is 19.9. The van der Waals surface area contributed by atoms with E-state index >= 15 is 0 Å². The highest BCUT2D eigenvalue weighted by Crippen LogP contribution is 2.27. The Morgan fingerprint density at radius 1 is 0.844 bits per heavy atom. The van der Waals surface area contributed by atoms with Crippen LogP contribution in [0.2, 0.25) is 0 Å². The number of carbonyl (C=O) groups excluding carboxylic acids is 1. The van der Waals surface area contributed by atoms with E-state index in [1.807, 2.05) is 41.3 Å². The second kappa shape index (κ2) is 10.5. The van der Waals surface area contributed by atoms with Gasteiger partial charge in [-0.3, -0.25) is 4.79 Å². The summed E-state index contributed by atoms with van der Waals surface area (Å²) < 4.78 is 5.96. The molecule has 0 spiro atoms. The predicted octanol–water partition coefficient (Wildman–Crippen LogP) is 5.87. The highest BCUT2D eigenvalue weighted by Gasteiger charge is 2.31. The molecule has 0 N–H and O–H groups in total. The Labute approximate surface area is 193 Å². The number of ether oxygens (including phenoxy) is 1. The largest absolute Gasteiger partial charge is 0.494 e. The fourth-order valence-corrected chi connectivity index (χ4v) is 5.06. The van der Waals surface area contributed by atoms with Crippen molar-refractivity contribution in [1.29, 1.82) is 0 Å². The molecule has 4 nitrogen and oxygen atoms in total. The van der Waals surface area contributed by atoms with Crippen molar-refractivity contribution in [2.75, 3.05) is 26.2 Å². The first-order valence-electron chi connectivity index (χ1n) is 12.4. The molecule has 2 fully saturated rings. The van der Waals surface area contributed by atoms with E-state index in [-0.39, 0.29) is 5.91 Å². The van der Waals surface area contributed by atoms with E-state index in [9.17, 15) is 4.79 Å². The molecule has 0 unspecified atom stereocenters. The first-order valence-corrected chi connectivity index (χ1v) is 12.4. The monoisotopic (exact) mass is 434 g/mol. The van der Waals surface area contributed by atoms with Crippen molar-refractivity contribution in [1.82, 2.24) is 9.80 Å². The average Bonchev–Trinajstić information content (AvgIpc) is 3.16. The van der Waals surface area contributed by atoms with Gasteiger partial charge >= 0.3 is 0 Å². The Morgan fingerprint density at radius 2 is 1.41 bits per heavy atom. The van der Waals surface area contributed by atoms with Crippen molar-refractivity contribution in [2.24, 2.45) is 5.92 Å². The Kier molecular flexibility index (Phi) is 7.51. The number of carbonyl (C=O) groups is 1. The van der Waals surface area contributed by atoms with Gasteiger partial charge in [-0.1, -0.05) is 31.2 Å². The van der Waals surface area contributed by atoms with E-state index in [0.29, 0.717) is 12.1 Å². The molecule has 0 saturated carbocycles. The zero-order valence-corrected chi connectivity index (χ0v) is 19.9. The molecule has 2 aliphatic heterocycles. The molecular weight excluding hydrogens is 396 g/mol. The Balaban J connectivity index is 1.27. The van der Waals surface area contributed by atoms with Gasteiger partial charge in [-0.15, -0.1) is 0 Å². The minimum Gasteiger partial charge on any atom is -0.494 e. The van der Waals surface area contributed by atoms with Gasteiger partial charge in [0.05, 0.1) is 6.61 Å². The number of hydrogen-bond acceptors (Lipinski definition) is 3. The van der Waals surface area contributed by atoms with Gasteiger partial charge in [-0.05, 0) is 100 Å². The summed E-state index contributed by atoms with van der Waals surface area (Å²) in [6, 6.07) is 17.0. The van der Waals surface area contributed by atoms with E-state index in [0.717, 1.165) is 60.8 Å². The lowest BCUT2D eigenvalue weighted by Crippen LogP contribution is -2.38. The van der Waals surface area contributed by atoms with Crippen LogP contribution >= 0.6 is 0 Å². The van der Waals surface area contributed by atoms with Crippen LogP contribution in [0.5, 0.6) is 5.75 Å². The SMILES string of the molecule is CC1CCN(CCCOc2ccc(-c3ccc(C(=O)N4[C@H](C)CC[C@H]4C)cc3)cc2)CC1. The summed E-state index contributed by atoms with van der Waals surface area (Å²) in [5.41, 5.74) is 3.04. The first kappa shape index (κ1) is 22.8. The topological polar surface area (TPSA) is 32.8 Å². The van der Waals surface area contributed by atoms with Crippen molar-refractivity contribution in [2.45, 2.75) is 65.0 Å². The van der Waals surface area contributed by atoms with E-state index in [1.165, 1.54) is 25.9 Å². The molecule has 0 bridgehead atoms. The molecule has 4 rings (SSSR count). The smallest absolute Gasteiger partial charge is 0.254 e. The molecule has 2 aromatic rings. The maximum absolute atomic E-state index is 12.9. The van der Waals surface area contributed by atoms with Crippen LogP contribution in [0.15, 0.2) is 48.5 Å². The summed E-state index contributed by atoms with van der Waals surface area (Å²) in [7, 11) is 0. The van der Waals surface area contributed by atoms with Gasteiger partial charge in [0.1, 0.15) is 5.75 Å². The molecule has 32 heavy (non-hydrogen) atoms. The van der Waals surface area contributed by atoms with Crippen LogP contribution in [0.4, 0.5) is 0 Å².